The minimum Gasteiger partial charge on any atom is -0.497 e. The van der Waals surface area contributed by atoms with Crippen molar-refractivity contribution >= 4 is 21.6 Å². The van der Waals surface area contributed by atoms with E-state index in [4.69, 9.17) is 21.1 Å². The van der Waals surface area contributed by atoms with Crippen molar-refractivity contribution in [1.29, 1.82) is 0 Å². The van der Waals surface area contributed by atoms with Gasteiger partial charge in [0.1, 0.15) is 5.75 Å². The lowest BCUT2D eigenvalue weighted by Crippen LogP contribution is -2.51. The first-order chi connectivity index (χ1) is 11.5. The lowest BCUT2D eigenvalue weighted by atomic mass is 10.1. The largest absolute Gasteiger partial charge is 0.497 e. The van der Waals surface area contributed by atoms with Gasteiger partial charge in [-0.15, -0.1) is 0 Å². The normalized spacial score (nSPS) is 15.8. The SMILES string of the molecule is COc1ccc(S(=O)(=O)N2CC(COc3cncc(Cl)n3)C2)cc1. The van der Waals surface area contributed by atoms with Crippen molar-refractivity contribution in [2.75, 3.05) is 26.8 Å². The Bertz CT molecular complexity index is 808. The van der Waals surface area contributed by atoms with Gasteiger partial charge in [-0.1, -0.05) is 11.6 Å². The van der Waals surface area contributed by atoms with Crippen molar-refractivity contribution in [3.8, 4) is 11.6 Å². The second-order valence-electron chi connectivity index (χ2n) is 5.35. The molecule has 1 fully saturated rings. The zero-order chi connectivity index (χ0) is 17.2. The van der Waals surface area contributed by atoms with Crippen molar-refractivity contribution in [1.82, 2.24) is 14.3 Å². The Kier molecular flexibility index (Phi) is 4.88. The zero-order valence-electron chi connectivity index (χ0n) is 12.9. The maximum atomic E-state index is 12.5. The van der Waals surface area contributed by atoms with E-state index in [1.165, 1.54) is 23.8 Å². The Morgan fingerprint density at radius 1 is 1.25 bits per heavy atom. The van der Waals surface area contributed by atoms with E-state index < -0.39 is 10.0 Å². The molecule has 7 nitrogen and oxygen atoms in total. The summed E-state index contributed by atoms with van der Waals surface area (Å²) in [5, 5.41) is 0.254. The molecular formula is C15H16ClN3O4S. The minimum atomic E-state index is -3.48. The number of halogens is 1. The number of methoxy groups -OCH3 is 1. The van der Waals surface area contributed by atoms with Gasteiger partial charge >= 0.3 is 0 Å². The highest BCUT2D eigenvalue weighted by Gasteiger charge is 2.37. The maximum Gasteiger partial charge on any atom is 0.243 e. The van der Waals surface area contributed by atoms with Gasteiger partial charge in [-0.25, -0.2) is 8.42 Å². The Balaban J connectivity index is 1.55. The summed E-state index contributed by atoms with van der Waals surface area (Å²) in [5.74, 6) is 1.06. The van der Waals surface area contributed by atoms with Gasteiger partial charge in [0, 0.05) is 19.0 Å². The van der Waals surface area contributed by atoms with Gasteiger partial charge in [-0.3, -0.25) is 4.98 Å². The van der Waals surface area contributed by atoms with E-state index in [0.717, 1.165) is 0 Å². The summed E-state index contributed by atoms with van der Waals surface area (Å²) in [6.45, 7) is 1.17. The van der Waals surface area contributed by atoms with Gasteiger partial charge in [-0.2, -0.15) is 9.29 Å². The molecule has 1 aromatic heterocycles. The van der Waals surface area contributed by atoms with Crippen molar-refractivity contribution in [3.05, 3.63) is 41.8 Å². The second-order valence-corrected chi connectivity index (χ2v) is 7.68. The Morgan fingerprint density at radius 3 is 2.58 bits per heavy atom. The van der Waals surface area contributed by atoms with Crippen LogP contribution in [0.1, 0.15) is 0 Å². The molecule has 0 amide bonds. The van der Waals surface area contributed by atoms with Crippen LogP contribution in [-0.4, -0.2) is 49.5 Å². The molecule has 1 aliphatic rings. The molecular weight excluding hydrogens is 354 g/mol. The van der Waals surface area contributed by atoms with Crippen LogP contribution < -0.4 is 9.47 Å². The fraction of sp³-hybridized carbons (Fsp3) is 0.333. The quantitative estimate of drug-likeness (QED) is 0.772. The van der Waals surface area contributed by atoms with E-state index in [1.807, 2.05) is 0 Å². The number of aromatic nitrogens is 2. The van der Waals surface area contributed by atoms with Crippen LogP contribution in [0.2, 0.25) is 5.15 Å². The van der Waals surface area contributed by atoms with Gasteiger partial charge in [0.2, 0.25) is 15.9 Å². The third-order valence-corrected chi connectivity index (χ3v) is 5.70. The molecule has 0 bridgehead atoms. The molecule has 9 heteroatoms. The first kappa shape index (κ1) is 16.9. The first-order valence-corrected chi connectivity index (χ1v) is 9.05. The monoisotopic (exact) mass is 369 g/mol. The average Bonchev–Trinajstić information content (AvgIpc) is 2.53. The van der Waals surface area contributed by atoms with Gasteiger partial charge in [-0.05, 0) is 24.3 Å². The maximum absolute atomic E-state index is 12.5. The highest BCUT2D eigenvalue weighted by Crippen LogP contribution is 2.26. The van der Waals surface area contributed by atoms with Gasteiger partial charge in [0.25, 0.3) is 0 Å². The van der Waals surface area contributed by atoms with Crippen LogP contribution >= 0.6 is 11.6 Å². The molecule has 0 N–H and O–H groups in total. The van der Waals surface area contributed by atoms with E-state index in [-0.39, 0.29) is 16.0 Å². The predicted octanol–water partition coefficient (Wildman–Crippen LogP) is 1.84. The van der Waals surface area contributed by atoms with Crippen LogP contribution in [0.4, 0.5) is 0 Å². The fourth-order valence-corrected chi connectivity index (χ4v) is 4.05. The van der Waals surface area contributed by atoms with E-state index in [1.54, 1.807) is 24.3 Å². The summed E-state index contributed by atoms with van der Waals surface area (Å²) < 4.78 is 36.9. The van der Waals surface area contributed by atoms with Crippen molar-refractivity contribution < 1.29 is 17.9 Å². The molecule has 2 aromatic rings. The smallest absolute Gasteiger partial charge is 0.243 e. The number of hydrogen-bond donors (Lipinski definition) is 0. The molecule has 2 heterocycles. The average molecular weight is 370 g/mol. The van der Waals surface area contributed by atoms with Gasteiger partial charge in [0.15, 0.2) is 5.15 Å². The molecule has 3 rings (SSSR count). The number of sulfonamides is 1. The van der Waals surface area contributed by atoms with Crippen molar-refractivity contribution in [3.63, 3.8) is 0 Å². The highest BCUT2D eigenvalue weighted by molar-refractivity contribution is 7.89. The van der Waals surface area contributed by atoms with E-state index >= 15 is 0 Å². The van der Waals surface area contributed by atoms with Gasteiger partial charge in [0.05, 0.1) is 31.0 Å². The predicted molar refractivity (Wildman–Crippen MR) is 87.8 cm³/mol. The molecule has 1 aromatic carbocycles. The molecule has 128 valence electrons. The fourth-order valence-electron chi connectivity index (χ4n) is 2.32. The van der Waals surface area contributed by atoms with Crippen LogP contribution in [0.3, 0.4) is 0 Å². The Labute approximate surface area is 145 Å². The molecule has 0 aliphatic carbocycles. The summed E-state index contributed by atoms with van der Waals surface area (Å²) in [5.41, 5.74) is 0. The number of hydrogen-bond acceptors (Lipinski definition) is 6. The first-order valence-electron chi connectivity index (χ1n) is 7.23. The van der Waals surface area contributed by atoms with Crippen LogP contribution in [0.15, 0.2) is 41.6 Å². The van der Waals surface area contributed by atoms with Gasteiger partial charge < -0.3 is 9.47 Å². The standard InChI is InChI=1S/C15H16ClN3O4S/c1-22-12-2-4-13(5-3-12)24(20,21)19-8-11(9-19)10-23-15-7-17-6-14(16)18-15/h2-7,11H,8-10H2,1H3. The van der Waals surface area contributed by atoms with Crippen LogP contribution in [-0.2, 0) is 10.0 Å². The second kappa shape index (κ2) is 6.92. The van der Waals surface area contributed by atoms with Crippen molar-refractivity contribution in [2.45, 2.75) is 4.90 Å². The highest BCUT2D eigenvalue weighted by atomic mass is 35.5. The van der Waals surface area contributed by atoms with Crippen LogP contribution in [0, 0.1) is 5.92 Å². The van der Waals surface area contributed by atoms with E-state index in [0.29, 0.717) is 31.3 Å². The number of nitrogens with zero attached hydrogens (tertiary/aromatic N) is 3. The molecule has 1 aliphatic heterocycles. The summed E-state index contributed by atoms with van der Waals surface area (Å²) >= 11 is 5.73. The number of rotatable bonds is 6. The van der Waals surface area contributed by atoms with Crippen molar-refractivity contribution in [2.24, 2.45) is 5.92 Å². The summed E-state index contributed by atoms with van der Waals surface area (Å²) in [6, 6.07) is 6.34. The number of benzene rings is 1. The third-order valence-electron chi connectivity index (χ3n) is 3.67. The molecule has 0 atom stereocenters. The van der Waals surface area contributed by atoms with E-state index in [9.17, 15) is 8.42 Å². The molecule has 0 spiro atoms. The third kappa shape index (κ3) is 3.61. The zero-order valence-corrected chi connectivity index (χ0v) is 14.5. The van der Waals surface area contributed by atoms with Crippen LogP contribution in [0.25, 0.3) is 0 Å². The minimum absolute atomic E-state index is 0.110. The molecule has 0 radical (unpaired) electrons. The summed E-state index contributed by atoms with van der Waals surface area (Å²) in [4.78, 5) is 8.10. The summed E-state index contributed by atoms with van der Waals surface area (Å²) in [7, 11) is -1.94. The van der Waals surface area contributed by atoms with Crippen LogP contribution in [0.5, 0.6) is 11.6 Å². The lowest BCUT2D eigenvalue weighted by molar-refractivity contribution is 0.126. The Hall–Kier alpha value is -1.90. The van der Waals surface area contributed by atoms with E-state index in [2.05, 4.69) is 9.97 Å². The molecule has 0 saturated carbocycles. The topological polar surface area (TPSA) is 81.6 Å². The molecule has 24 heavy (non-hydrogen) atoms. The lowest BCUT2D eigenvalue weighted by Gasteiger charge is -2.37. The summed E-state index contributed by atoms with van der Waals surface area (Å²) in [6.07, 6.45) is 2.89. The number of ether oxygens (including phenoxy) is 2. The molecule has 0 unspecified atom stereocenters. The Morgan fingerprint density at radius 2 is 1.96 bits per heavy atom. The molecule has 1 saturated heterocycles.